The predicted molar refractivity (Wildman–Crippen MR) is 99.4 cm³/mol. The van der Waals surface area contributed by atoms with Gasteiger partial charge in [-0.15, -0.1) is 16.4 Å². The number of thioether (sulfide) groups is 1. The van der Waals surface area contributed by atoms with E-state index in [1.54, 1.807) is 0 Å². The molecule has 1 aliphatic carbocycles. The molecule has 0 N–H and O–H groups in total. The average molecular weight is 315 g/mol. The van der Waals surface area contributed by atoms with Crippen LogP contribution in [0.1, 0.15) is 53.9 Å². The molecular weight excluding hydrogens is 286 g/mol. The molecule has 0 aromatic rings. The fraction of sp³-hybridized carbons (Fsp3) is 0.700. The van der Waals surface area contributed by atoms with E-state index in [2.05, 4.69) is 87.5 Å². The topological polar surface area (TPSA) is 14.1 Å². The Balaban J connectivity index is 1.85. The largest absolute Gasteiger partial charge is 0.275 e. The first-order chi connectivity index (χ1) is 10.3. The summed E-state index contributed by atoms with van der Waals surface area (Å²) < 4.78 is 4.69. The van der Waals surface area contributed by atoms with E-state index in [0.717, 1.165) is 12.3 Å². The van der Waals surface area contributed by atoms with E-state index in [-0.39, 0.29) is 10.2 Å². The van der Waals surface area contributed by atoms with Gasteiger partial charge in [-0.3, -0.25) is 0 Å². The Bertz CT molecular complexity index is 608. The highest BCUT2D eigenvalue weighted by atomic mass is 32.2. The molecule has 1 nitrogen and oxygen atoms in total. The van der Waals surface area contributed by atoms with Gasteiger partial charge in [0.15, 0.2) is 0 Å². The average Bonchev–Trinajstić information content (AvgIpc) is 3.19. The third-order valence-electron chi connectivity index (χ3n) is 6.11. The zero-order valence-corrected chi connectivity index (χ0v) is 15.3. The number of nitrogens with zero attached hydrogens (tertiary/aromatic N) is 1. The van der Waals surface area contributed by atoms with Gasteiger partial charge in [-0.1, -0.05) is 45.6 Å². The lowest BCUT2D eigenvalue weighted by molar-refractivity contribution is 0.346. The lowest BCUT2D eigenvalue weighted by atomic mass is 9.81. The maximum absolute atomic E-state index is 4.57. The summed E-state index contributed by atoms with van der Waals surface area (Å²) in [7, 11) is 0. The molecule has 3 aliphatic rings. The van der Waals surface area contributed by atoms with E-state index in [0.29, 0.717) is 16.6 Å². The molecule has 0 aromatic carbocycles. The Morgan fingerprint density at radius 2 is 2.09 bits per heavy atom. The smallest absolute Gasteiger partial charge is 0.134 e. The zero-order chi connectivity index (χ0) is 16.0. The van der Waals surface area contributed by atoms with Crippen LogP contribution in [-0.2, 0) is 0 Å². The van der Waals surface area contributed by atoms with Gasteiger partial charge in [0, 0.05) is 11.2 Å². The molecule has 2 heteroatoms. The van der Waals surface area contributed by atoms with E-state index in [4.69, 9.17) is 0 Å². The van der Waals surface area contributed by atoms with Crippen molar-refractivity contribution in [2.45, 2.75) is 63.9 Å². The zero-order valence-electron chi connectivity index (χ0n) is 14.5. The molecule has 1 saturated carbocycles. The van der Waals surface area contributed by atoms with Gasteiger partial charge in [0.2, 0.25) is 0 Å². The van der Waals surface area contributed by atoms with E-state index in [9.17, 15) is 0 Å². The molecule has 118 valence electrons. The highest BCUT2D eigenvalue weighted by molar-refractivity contribution is 8.01. The van der Waals surface area contributed by atoms with E-state index in [1.807, 2.05) is 0 Å². The van der Waals surface area contributed by atoms with Crippen LogP contribution >= 0.6 is 11.8 Å². The number of hydrogen-bond acceptors (Lipinski definition) is 1. The molecule has 0 radical (unpaired) electrons. The molecule has 1 spiro atoms. The minimum Gasteiger partial charge on any atom is -0.134 e. The van der Waals surface area contributed by atoms with Crippen molar-refractivity contribution >= 4 is 24.2 Å². The van der Waals surface area contributed by atoms with Crippen LogP contribution in [0.5, 0.6) is 0 Å². The first-order valence-corrected chi connectivity index (χ1v) is 9.39. The van der Waals surface area contributed by atoms with Gasteiger partial charge >= 0.3 is 0 Å². The normalized spacial score (nSPS) is 43.4. The lowest BCUT2D eigenvalue weighted by Gasteiger charge is -2.40. The number of hydrogen-bond donors (Lipinski definition) is 0. The Hall–Kier alpha value is -0.900. The van der Waals surface area contributed by atoms with Crippen LogP contribution in [0.15, 0.2) is 12.2 Å². The molecule has 3 rings (SSSR count). The Morgan fingerprint density at radius 1 is 1.32 bits per heavy atom. The SMILES string of the molecule is CC1CCC=[N+]=CC12CC2C1C#CC=CC(C)(C(C)(C)C)S1. The summed E-state index contributed by atoms with van der Waals surface area (Å²) in [4.78, 5) is 0. The molecule has 5 atom stereocenters. The summed E-state index contributed by atoms with van der Waals surface area (Å²) in [5.41, 5.74) is 0.529. The van der Waals surface area contributed by atoms with Crippen LogP contribution < -0.4 is 4.67 Å². The molecule has 0 aromatic heterocycles. The monoisotopic (exact) mass is 314 g/mol. The maximum Gasteiger partial charge on any atom is 0.275 e. The molecule has 2 aliphatic heterocycles. The van der Waals surface area contributed by atoms with Crippen molar-refractivity contribution in [3.8, 4) is 11.8 Å². The molecular formula is C20H28NS+. The van der Waals surface area contributed by atoms with Crippen LogP contribution in [0, 0.1) is 34.5 Å². The minimum absolute atomic E-state index is 0.120. The van der Waals surface area contributed by atoms with E-state index < -0.39 is 0 Å². The van der Waals surface area contributed by atoms with Crippen molar-refractivity contribution in [2.75, 3.05) is 0 Å². The third-order valence-corrected chi connectivity index (χ3v) is 8.05. The fourth-order valence-corrected chi connectivity index (χ4v) is 5.35. The summed E-state index contributed by atoms with van der Waals surface area (Å²) in [5, 5.41) is 0.422. The van der Waals surface area contributed by atoms with Crippen LogP contribution in [0.4, 0.5) is 0 Å². The summed E-state index contributed by atoms with van der Waals surface area (Å²) in [6, 6.07) is 0. The van der Waals surface area contributed by atoms with Gasteiger partial charge in [-0.25, -0.2) is 0 Å². The van der Waals surface area contributed by atoms with Crippen LogP contribution in [0.25, 0.3) is 0 Å². The molecule has 0 saturated heterocycles. The molecule has 2 heterocycles. The van der Waals surface area contributed by atoms with Gasteiger partial charge in [-0.05, 0) is 43.1 Å². The third kappa shape index (κ3) is 2.60. The second-order valence-corrected chi connectivity index (χ2v) is 9.97. The highest BCUT2D eigenvalue weighted by Crippen LogP contribution is 2.63. The Morgan fingerprint density at radius 3 is 2.82 bits per heavy atom. The van der Waals surface area contributed by atoms with Gasteiger partial charge in [0.05, 0.1) is 10.7 Å². The van der Waals surface area contributed by atoms with E-state index >= 15 is 0 Å². The van der Waals surface area contributed by atoms with Crippen LogP contribution in [0.3, 0.4) is 0 Å². The summed E-state index contributed by atoms with van der Waals surface area (Å²) >= 11 is 2.08. The van der Waals surface area contributed by atoms with Crippen molar-refractivity contribution in [1.29, 1.82) is 0 Å². The fourth-order valence-electron chi connectivity index (χ4n) is 3.69. The molecule has 22 heavy (non-hydrogen) atoms. The Labute approximate surface area is 139 Å². The van der Waals surface area contributed by atoms with Crippen molar-refractivity contribution in [2.24, 2.45) is 22.7 Å². The molecule has 1 fully saturated rings. The van der Waals surface area contributed by atoms with Crippen molar-refractivity contribution < 1.29 is 0 Å². The summed E-state index contributed by atoms with van der Waals surface area (Å²) in [5.74, 6) is 8.22. The number of allylic oxidation sites excluding steroid dienone is 1. The highest BCUT2D eigenvalue weighted by Gasteiger charge is 2.64. The van der Waals surface area contributed by atoms with Gasteiger partial charge < -0.3 is 0 Å². The first-order valence-electron chi connectivity index (χ1n) is 8.51. The first kappa shape index (κ1) is 16.0. The lowest BCUT2D eigenvalue weighted by Crippen LogP contribution is -2.37. The summed E-state index contributed by atoms with van der Waals surface area (Å²) in [6.45, 7) is 11.8. The van der Waals surface area contributed by atoms with Crippen LogP contribution in [-0.4, -0.2) is 22.4 Å². The second kappa shape index (κ2) is 5.33. The van der Waals surface area contributed by atoms with Crippen LogP contribution in [0.2, 0.25) is 0 Å². The van der Waals surface area contributed by atoms with E-state index in [1.165, 1.54) is 12.8 Å². The number of rotatable bonds is 1. The van der Waals surface area contributed by atoms with Gasteiger partial charge in [0.25, 0.3) is 12.4 Å². The molecule has 0 bridgehead atoms. The van der Waals surface area contributed by atoms with Crippen molar-refractivity contribution in [1.82, 2.24) is 4.67 Å². The molecule has 0 amide bonds. The molecule has 5 unspecified atom stereocenters. The van der Waals surface area contributed by atoms with Crippen molar-refractivity contribution in [3.63, 3.8) is 0 Å². The van der Waals surface area contributed by atoms with Crippen molar-refractivity contribution in [3.05, 3.63) is 12.2 Å². The maximum atomic E-state index is 4.57. The standard InChI is InChI=1S/C20H28NS/c1-15-9-8-12-21-14-20(15)13-16(20)17-10-6-7-11-19(5,22-17)18(2,3)4/h7,11-12,14-17H,8-9,13H2,1-5H3/q+1. The predicted octanol–water partition coefficient (Wildman–Crippen LogP) is 4.11. The minimum atomic E-state index is 0.120. The quantitative estimate of drug-likeness (QED) is 0.525. The summed E-state index contributed by atoms with van der Waals surface area (Å²) in [6.07, 6.45) is 12.4. The second-order valence-electron chi connectivity index (χ2n) is 8.38. The van der Waals surface area contributed by atoms with Gasteiger partial charge in [0.1, 0.15) is 0 Å². The Kier molecular flexibility index (Phi) is 3.87. The van der Waals surface area contributed by atoms with Gasteiger partial charge in [-0.2, -0.15) is 0 Å².